The minimum Gasteiger partial charge on any atom is -0.360 e. The highest BCUT2D eigenvalue weighted by Gasteiger charge is 2.25. The second-order valence-electron chi connectivity index (χ2n) is 5.79. The van der Waals surface area contributed by atoms with Crippen molar-refractivity contribution in [3.63, 3.8) is 0 Å². The summed E-state index contributed by atoms with van der Waals surface area (Å²) in [4.78, 5) is 4.87. The first-order valence-electron chi connectivity index (χ1n) is 7.63. The Balaban J connectivity index is 1.38. The molecule has 1 aromatic carbocycles. The first-order valence-corrected chi connectivity index (χ1v) is 8.04. The van der Waals surface area contributed by atoms with Crippen LogP contribution in [0.15, 0.2) is 30.3 Å². The number of nitrogens with one attached hydrogen (secondary N) is 1. The van der Waals surface area contributed by atoms with Gasteiger partial charge in [-0.2, -0.15) is 0 Å². The molecule has 108 valence electrons. The van der Waals surface area contributed by atoms with Crippen LogP contribution in [-0.4, -0.2) is 53.7 Å². The Hall–Kier alpha value is -1.13. The molecule has 1 N–H and O–H groups in total. The summed E-state index contributed by atoms with van der Waals surface area (Å²) >= 11 is 5.47. The van der Waals surface area contributed by atoms with Crippen LogP contribution in [0, 0.1) is 0 Å². The average molecular weight is 289 g/mol. The molecule has 2 fully saturated rings. The average Bonchev–Trinajstić information content (AvgIpc) is 3.31. The summed E-state index contributed by atoms with van der Waals surface area (Å²) < 4.78 is 0. The molecule has 1 heterocycles. The molecule has 0 radical (unpaired) electrons. The van der Waals surface area contributed by atoms with E-state index in [0.29, 0.717) is 6.04 Å². The Morgan fingerprint density at radius 1 is 1.10 bits per heavy atom. The Morgan fingerprint density at radius 3 is 2.45 bits per heavy atom. The van der Waals surface area contributed by atoms with Crippen molar-refractivity contribution in [1.82, 2.24) is 15.1 Å². The zero-order chi connectivity index (χ0) is 13.8. The van der Waals surface area contributed by atoms with Gasteiger partial charge in [0.15, 0.2) is 5.11 Å². The molecule has 0 bridgehead atoms. The van der Waals surface area contributed by atoms with E-state index >= 15 is 0 Å². The fraction of sp³-hybridized carbons (Fsp3) is 0.562. The molecule has 1 aliphatic heterocycles. The molecule has 1 aromatic rings. The molecule has 0 amide bonds. The predicted octanol–water partition coefficient (Wildman–Crippen LogP) is 1.88. The molecular formula is C16H23N3S. The third-order valence-corrected chi connectivity index (χ3v) is 4.50. The second kappa shape index (κ2) is 6.55. The van der Waals surface area contributed by atoms with Crippen molar-refractivity contribution in [2.45, 2.75) is 25.3 Å². The van der Waals surface area contributed by atoms with Gasteiger partial charge in [0, 0.05) is 38.8 Å². The number of hydrogen-bond acceptors (Lipinski definition) is 2. The molecule has 1 saturated carbocycles. The standard InChI is InChI=1S/C16H23N3S/c20-16(17-15-6-7-15)19-12-10-18(11-13-19)9-8-14-4-2-1-3-5-14/h1-5,15H,6-13H2,(H,17,20). The van der Waals surface area contributed by atoms with Gasteiger partial charge >= 0.3 is 0 Å². The topological polar surface area (TPSA) is 18.5 Å². The fourth-order valence-electron chi connectivity index (χ4n) is 2.60. The van der Waals surface area contributed by atoms with E-state index in [0.717, 1.165) is 44.3 Å². The van der Waals surface area contributed by atoms with Gasteiger partial charge in [-0.1, -0.05) is 30.3 Å². The maximum absolute atomic E-state index is 5.47. The lowest BCUT2D eigenvalue weighted by atomic mass is 10.1. The van der Waals surface area contributed by atoms with Crippen LogP contribution >= 0.6 is 12.2 Å². The molecule has 1 saturated heterocycles. The second-order valence-corrected chi connectivity index (χ2v) is 6.17. The zero-order valence-electron chi connectivity index (χ0n) is 11.9. The molecule has 1 aliphatic carbocycles. The van der Waals surface area contributed by atoms with Gasteiger partial charge in [-0.05, 0) is 37.0 Å². The van der Waals surface area contributed by atoms with Crippen molar-refractivity contribution < 1.29 is 0 Å². The van der Waals surface area contributed by atoms with Gasteiger partial charge in [0.25, 0.3) is 0 Å². The number of piperazine rings is 1. The quantitative estimate of drug-likeness (QED) is 0.853. The number of thiocarbonyl (C=S) groups is 1. The van der Waals surface area contributed by atoms with E-state index < -0.39 is 0 Å². The van der Waals surface area contributed by atoms with Gasteiger partial charge in [0.1, 0.15) is 0 Å². The van der Waals surface area contributed by atoms with Gasteiger partial charge in [0.2, 0.25) is 0 Å². The van der Waals surface area contributed by atoms with Crippen LogP contribution in [0.3, 0.4) is 0 Å². The third kappa shape index (κ3) is 3.93. The lowest BCUT2D eigenvalue weighted by Gasteiger charge is -2.36. The molecule has 2 aliphatic rings. The number of hydrogen-bond donors (Lipinski definition) is 1. The first-order chi connectivity index (χ1) is 9.81. The van der Waals surface area contributed by atoms with Gasteiger partial charge in [-0.3, -0.25) is 4.90 Å². The molecule has 3 nitrogen and oxygen atoms in total. The Labute approximate surface area is 126 Å². The number of benzene rings is 1. The van der Waals surface area contributed by atoms with Crippen molar-refractivity contribution in [2.24, 2.45) is 0 Å². The molecule has 20 heavy (non-hydrogen) atoms. The Bertz CT molecular complexity index is 436. The van der Waals surface area contributed by atoms with Gasteiger partial charge < -0.3 is 10.2 Å². The van der Waals surface area contributed by atoms with E-state index in [9.17, 15) is 0 Å². The van der Waals surface area contributed by atoms with E-state index in [-0.39, 0.29) is 0 Å². The smallest absolute Gasteiger partial charge is 0.169 e. The largest absolute Gasteiger partial charge is 0.360 e. The highest BCUT2D eigenvalue weighted by atomic mass is 32.1. The van der Waals surface area contributed by atoms with Gasteiger partial charge in [0.05, 0.1) is 0 Å². The molecule has 0 unspecified atom stereocenters. The maximum atomic E-state index is 5.47. The van der Waals surface area contributed by atoms with Crippen molar-refractivity contribution in [3.8, 4) is 0 Å². The summed E-state index contributed by atoms with van der Waals surface area (Å²) in [6, 6.07) is 11.4. The monoisotopic (exact) mass is 289 g/mol. The van der Waals surface area contributed by atoms with Crippen LogP contribution in [0.5, 0.6) is 0 Å². The zero-order valence-corrected chi connectivity index (χ0v) is 12.7. The van der Waals surface area contributed by atoms with Crippen LogP contribution in [-0.2, 0) is 6.42 Å². The summed E-state index contributed by atoms with van der Waals surface area (Å²) in [5, 5.41) is 4.40. The first kappa shape index (κ1) is 13.8. The van der Waals surface area contributed by atoms with Crippen LogP contribution in [0.25, 0.3) is 0 Å². The van der Waals surface area contributed by atoms with Crippen molar-refractivity contribution in [2.75, 3.05) is 32.7 Å². The van der Waals surface area contributed by atoms with Gasteiger partial charge in [-0.25, -0.2) is 0 Å². The summed E-state index contributed by atoms with van der Waals surface area (Å²) in [6.45, 7) is 5.53. The SMILES string of the molecule is S=C(NC1CC1)N1CCN(CCc2ccccc2)CC1. The highest BCUT2D eigenvalue weighted by Crippen LogP contribution is 2.19. The highest BCUT2D eigenvalue weighted by molar-refractivity contribution is 7.80. The molecule has 0 aromatic heterocycles. The van der Waals surface area contributed by atoms with Crippen LogP contribution < -0.4 is 5.32 Å². The van der Waals surface area contributed by atoms with Crippen molar-refractivity contribution in [1.29, 1.82) is 0 Å². The normalized spacial score (nSPS) is 19.9. The minimum atomic E-state index is 0.665. The summed E-state index contributed by atoms with van der Waals surface area (Å²) in [7, 11) is 0. The van der Waals surface area contributed by atoms with E-state index in [2.05, 4.69) is 45.4 Å². The van der Waals surface area contributed by atoms with E-state index in [1.165, 1.54) is 18.4 Å². The Kier molecular flexibility index (Phi) is 4.53. The summed E-state index contributed by atoms with van der Waals surface area (Å²) in [5.41, 5.74) is 1.43. The molecule has 3 rings (SSSR count). The Morgan fingerprint density at radius 2 is 1.80 bits per heavy atom. The maximum Gasteiger partial charge on any atom is 0.169 e. The van der Waals surface area contributed by atoms with Crippen molar-refractivity contribution in [3.05, 3.63) is 35.9 Å². The summed E-state index contributed by atoms with van der Waals surface area (Å²) in [5.74, 6) is 0. The lowest BCUT2D eigenvalue weighted by molar-refractivity contribution is 0.183. The summed E-state index contributed by atoms with van der Waals surface area (Å²) in [6.07, 6.45) is 3.72. The van der Waals surface area contributed by atoms with Crippen LogP contribution in [0.2, 0.25) is 0 Å². The fourth-order valence-corrected chi connectivity index (χ4v) is 2.95. The van der Waals surface area contributed by atoms with E-state index in [4.69, 9.17) is 12.2 Å². The van der Waals surface area contributed by atoms with Gasteiger partial charge in [-0.15, -0.1) is 0 Å². The molecule has 0 atom stereocenters. The minimum absolute atomic E-state index is 0.665. The predicted molar refractivity (Wildman–Crippen MR) is 86.9 cm³/mol. The number of rotatable bonds is 4. The molecule has 4 heteroatoms. The van der Waals surface area contributed by atoms with Crippen LogP contribution in [0.4, 0.5) is 0 Å². The molecule has 0 spiro atoms. The third-order valence-electron chi connectivity index (χ3n) is 4.12. The van der Waals surface area contributed by atoms with Crippen molar-refractivity contribution >= 4 is 17.3 Å². The van der Waals surface area contributed by atoms with Crippen LogP contribution in [0.1, 0.15) is 18.4 Å². The van der Waals surface area contributed by atoms with E-state index in [1.807, 2.05) is 0 Å². The molecular weight excluding hydrogens is 266 g/mol. The number of nitrogens with zero attached hydrogens (tertiary/aromatic N) is 2. The van der Waals surface area contributed by atoms with E-state index in [1.54, 1.807) is 0 Å². The lowest BCUT2D eigenvalue weighted by Crippen LogP contribution is -2.52.